The summed E-state index contributed by atoms with van der Waals surface area (Å²) in [7, 11) is 1.64. The zero-order chi connectivity index (χ0) is 11.6. The molecule has 0 aromatic carbocycles. The fourth-order valence-electron chi connectivity index (χ4n) is 1.09. The van der Waals surface area contributed by atoms with Crippen LogP contribution in [0.2, 0.25) is 0 Å². The second-order valence-electron chi connectivity index (χ2n) is 3.22. The lowest BCUT2D eigenvalue weighted by Crippen LogP contribution is -2.17. The van der Waals surface area contributed by atoms with E-state index in [9.17, 15) is 13.2 Å². The maximum absolute atomic E-state index is 12.4. The normalized spacial score (nSPS) is 13.9. The van der Waals surface area contributed by atoms with Crippen LogP contribution >= 0.6 is 0 Å². The quantitative estimate of drug-likeness (QED) is 0.799. The predicted molar refractivity (Wildman–Crippen MR) is 51.1 cm³/mol. The highest BCUT2D eigenvalue weighted by Gasteiger charge is 2.33. The van der Waals surface area contributed by atoms with Crippen LogP contribution in [0.5, 0.6) is 0 Å². The van der Waals surface area contributed by atoms with E-state index < -0.39 is 11.9 Å². The lowest BCUT2D eigenvalue weighted by atomic mass is 10.2. The number of nitrogens with two attached hydrogens (primary N) is 1. The lowest BCUT2D eigenvalue weighted by molar-refractivity contribution is -0.141. The largest absolute Gasteiger partial charge is 0.433 e. The molecule has 0 fully saturated rings. The topological polar surface area (TPSA) is 50.9 Å². The first-order chi connectivity index (χ1) is 6.84. The van der Waals surface area contributed by atoms with E-state index in [4.69, 9.17) is 5.73 Å². The van der Waals surface area contributed by atoms with E-state index in [1.54, 1.807) is 14.0 Å². The average Bonchev–Trinajstić information content (AvgIpc) is 2.14. The Morgan fingerprint density at radius 2 is 2.00 bits per heavy atom. The molecule has 1 heterocycles. The fraction of sp³-hybridized carbons (Fsp3) is 0.444. The summed E-state index contributed by atoms with van der Waals surface area (Å²) < 4.78 is 37.1. The minimum Gasteiger partial charge on any atom is -0.399 e. The standard InChI is InChI=1S/C9H12F3N3/c1-5(14-2)7-3-6(13)4-8(15-7)9(10,11)12/h3-5,14H,1-2H3,(H2,13,15)/t5-/m1/s1. The SMILES string of the molecule is CN[C@H](C)c1cc(N)cc(C(F)(F)F)n1. The van der Waals surface area contributed by atoms with E-state index in [2.05, 4.69) is 10.3 Å². The monoisotopic (exact) mass is 219 g/mol. The Morgan fingerprint density at radius 1 is 1.40 bits per heavy atom. The number of nitrogens with zero attached hydrogens (tertiary/aromatic N) is 1. The molecule has 0 saturated heterocycles. The van der Waals surface area contributed by atoms with Crippen molar-refractivity contribution in [2.24, 2.45) is 0 Å². The Hall–Kier alpha value is -1.30. The number of anilines is 1. The highest BCUT2D eigenvalue weighted by atomic mass is 19.4. The van der Waals surface area contributed by atoms with Crippen molar-refractivity contribution >= 4 is 5.69 Å². The van der Waals surface area contributed by atoms with Crippen LogP contribution in [0.15, 0.2) is 12.1 Å². The van der Waals surface area contributed by atoms with Crippen molar-refractivity contribution in [1.29, 1.82) is 0 Å². The van der Waals surface area contributed by atoms with Gasteiger partial charge in [-0.05, 0) is 26.1 Å². The highest BCUT2D eigenvalue weighted by molar-refractivity contribution is 5.41. The first-order valence-electron chi connectivity index (χ1n) is 4.36. The lowest BCUT2D eigenvalue weighted by Gasteiger charge is -2.13. The second-order valence-corrected chi connectivity index (χ2v) is 3.22. The molecule has 84 valence electrons. The van der Waals surface area contributed by atoms with Crippen LogP contribution in [0, 0.1) is 0 Å². The van der Waals surface area contributed by atoms with Gasteiger partial charge in [-0.25, -0.2) is 4.98 Å². The minimum absolute atomic E-state index is 0.0643. The molecular weight excluding hydrogens is 207 g/mol. The first-order valence-corrected chi connectivity index (χ1v) is 4.36. The maximum atomic E-state index is 12.4. The summed E-state index contributed by atoms with van der Waals surface area (Å²) in [6.45, 7) is 1.71. The van der Waals surface area contributed by atoms with Gasteiger partial charge in [0, 0.05) is 11.7 Å². The van der Waals surface area contributed by atoms with E-state index in [0.717, 1.165) is 6.07 Å². The first kappa shape index (κ1) is 11.8. The number of pyridine rings is 1. The number of nitrogen functional groups attached to an aromatic ring is 1. The molecule has 0 aliphatic rings. The van der Waals surface area contributed by atoms with Crippen molar-refractivity contribution in [3.63, 3.8) is 0 Å². The Kier molecular flexibility index (Phi) is 3.18. The van der Waals surface area contributed by atoms with Gasteiger partial charge in [0.15, 0.2) is 0 Å². The van der Waals surface area contributed by atoms with E-state index in [0.29, 0.717) is 0 Å². The van der Waals surface area contributed by atoms with Gasteiger partial charge in [-0.15, -0.1) is 0 Å². The molecule has 0 unspecified atom stereocenters. The van der Waals surface area contributed by atoms with Crippen molar-refractivity contribution in [3.8, 4) is 0 Å². The summed E-state index contributed by atoms with van der Waals surface area (Å²) in [5.41, 5.74) is 4.77. The summed E-state index contributed by atoms with van der Waals surface area (Å²) in [6, 6.07) is 1.98. The molecule has 0 spiro atoms. The summed E-state index contributed by atoms with van der Waals surface area (Å²) in [5, 5.41) is 2.80. The molecular formula is C9H12F3N3. The molecule has 3 N–H and O–H groups in total. The molecule has 0 bridgehead atoms. The summed E-state index contributed by atoms with van der Waals surface area (Å²) in [4.78, 5) is 3.51. The summed E-state index contributed by atoms with van der Waals surface area (Å²) >= 11 is 0. The number of hydrogen-bond acceptors (Lipinski definition) is 3. The Bertz CT molecular complexity index is 349. The van der Waals surface area contributed by atoms with Crippen LogP contribution in [0.4, 0.5) is 18.9 Å². The Morgan fingerprint density at radius 3 is 2.47 bits per heavy atom. The van der Waals surface area contributed by atoms with E-state index in [1.807, 2.05) is 0 Å². The second kappa shape index (κ2) is 4.06. The van der Waals surface area contributed by atoms with Gasteiger partial charge >= 0.3 is 6.18 Å². The molecule has 0 aliphatic carbocycles. The van der Waals surface area contributed by atoms with Gasteiger partial charge in [0.2, 0.25) is 0 Å². The average molecular weight is 219 g/mol. The third kappa shape index (κ3) is 2.82. The number of rotatable bonds is 2. The molecule has 15 heavy (non-hydrogen) atoms. The number of halogens is 3. The van der Waals surface area contributed by atoms with Gasteiger partial charge in [0.1, 0.15) is 5.69 Å². The van der Waals surface area contributed by atoms with Crippen LogP contribution in [0.3, 0.4) is 0 Å². The van der Waals surface area contributed by atoms with Crippen molar-refractivity contribution in [2.45, 2.75) is 19.1 Å². The molecule has 3 nitrogen and oxygen atoms in total. The third-order valence-corrected chi connectivity index (χ3v) is 2.03. The van der Waals surface area contributed by atoms with Crippen molar-refractivity contribution in [1.82, 2.24) is 10.3 Å². The number of alkyl halides is 3. The summed E-state index contributed by atoms with van der Waals surface area (Å²) in [5.74, 6) is 0. The third-order valence-electron chi connectivity index (χ3n) is 2.03. The highest BCUT2D eigenvalue weighted by Crippen LogP contribution is 2.29. The number of nitrogens with one attached hydrogen (secondary N) is 1. The van der Waals surface area contributed by atoms with Gasteiger partial charge in [0.25, 0.3) is 0 Å². The molecule has 1 aromatic heterocycles. The molecule has 1 rings (SSSR count). The maximum Gasteiger partial charge on any atom is 0.433 e. The van der Waals surface area contributed by atoms with Crippen LogP contribution in [-0.4, -0.2) is 12.0 Å². The minimum atomic E-state index is -4.46. The molecule has 1 atom stereocenters. The van der Waals surface area contributed by atoms with Crippen molar-refractivity contribution < 1.29 is 13.2 Å². The van der Waals surface area contributed by atoms with Crippen LogP contribution < -0.4 is 11.1 Å². The van der Waals surface area contributed by atoms with E-state index in [-0.39, 0.29) is 17.4 Å². The van der Waals surface area contributed by atoms with Gasteiger partial charge in [-0.2, -0.15) is 13.2 Å². The van der Waals surface area contributed by atoms with Gasteiger partial charge in [0.05, 0.1) is 5.69 Å². The zero-order valence-electron chi connectivity index (χ0n) is 8.39. The fourth-order valence-corrected chi connectivity index (χ4v) is 1.09. The number of hydrogen-bond donors (Lipinski definition) is 2. The summed E-state index contributed by atoms with van der Waals surface area (Å²) in [6.07, 6.45) is -4.46. The van der Waals surface area contributed by atoms with Gasteiger partial charge < -0.3 is 11.1 Å². The van der Waals surface area contributed by atoms with Crippen LogP contribution in [0.25, 0.3) is 0 Å². The van der Waals surface area contributed by atoms with Gasteiger partial charge in [-0.3, -0.25) is 0 Å². The Balaban J connectivity index is 3.17. The molecule has 1 aromatic rings. The van der Waals surface area contributed by atoms with Crippen LogP contribution in [0.1, 0.15) is 24.4 Å². The van der Waals surface area contributed by atoms with Crippen molar-refractivity contribution in [3.05, 3.63) is 23.5 Å². The van der Waals surface area contributed by atoms with Crippen LogP contribution in [-0.2, 0) is 6.18 Å². The molecule has 0 radical (unpaired) electrons. The molecule has 6 heteroatoms. The smallest absolute Gasteiger partial charge is 0.399 e. The zero-order valence-corrected chi connectivity index (χ0v) is 8.39. The predicted octanol–water partition coefficient (Wildman–Crippen LogP) is 1.96. The van der Waals surface area contributed by atoms with Crippen molar-refractivity contribution in [2.75, 3.05) is 12.8 Å². The Labute approximate surface area is 85.5 Å². The van der Waals surface area contributed by atoms with Gasteiger partial charge in [-0.1, -0.05) is 0 Å². The number of aromatic nitrogens is 1. The van der Waals surface area contributed by atoms with E-state index >= 15 is 0 Å². The molecule has 0 saturated carbocycles. The van der Waals surface area contributed by atoms with E-state index in [1.165, 1.54) is 6.07 Å². The molecule has 0 aliphatic heterocycles. The molecule has 0 amide bonds.